The van der Waals surface area contributed by atoms with Gasteiger partial charge in [0, 0.05) is 57.1 Å². The van der Waals surface area contributed by atoms with Crippen molar-refractivity contribution >= 4 is 5.91 Å². The normalized spacial score (nSPS) is 22.2. The molecule has 1 N–H and O–H groups in total. The molecule has 174 valence electrons. The standard InChI is InChI=1S/C26H37N3O3/c1-31-19-26(30)29(23-10-4-3-5-11-23)16-21-15-28(17-22-9-7-13-27-22)18-25(21)20-8-6-12-24(14-20)32-2/h6-9,12-14,21,23,25,27H,3-5,10-11,15-19H2,1-2H3. The van der Waals surface area contributed by atoms with Crippen LogP contribution < -0.4 is 4.74 Å². The SMILES string of the molecule is COCC(=O)N(CC1CN(Cc2ccc[nH]2)CC1c1cccc(OC)c1)C1CCCCC1. The lowest BCUT2D eigenvalue weighted by Crippen LogP contribution is -2.46. The minimum absolute atomic E-state index is 0.131. The predicted octanol–water partition coefficient (Wildman–Crippen LogP) is 4.05. The number of aromatic amines is 1. The van der Waals surface area contributed by atoms with Gasteiger partial charge in [0.2, 0.25) is 5.91 Å². The number of amides is 1. The summed E-state index contributed by atoms with van der Waals surface area (Å²) in [5.74, 6) is 1.76. The van der Waals surface area contributed by atoms with Crippen LogP contribution in [0.1, 0.15) is 49.3 Å². The Hall–Kier alpha value is -2.31. The average Bonchev–Trinajstić information content (AvgIpc) is 3.48. The van der Waals surface area contributed by atoms with E-state index in [1.54, 1.807) is 14.2 Å². The van der Waals surface area contributed by atoms with Gasteiger partial charge in [-0.15, -0.1) is 0 Å². The van der Waals surface area contributed by atoms with Crippen molar-refractivity contribution < 1.29 is 14.3 Å². The van der Waals surface area contributed by atoms with Gasteiger partial charge in [-0.3, -0.25) is 9.69 Å². The summed E-state index contributed by atoms with van der Waals surface area (Å²) >= 11 is 0. The van der Waals surface area contributed by atoms with Gasteiger partial charge in [0.25, 0.3) is 0 Å². The van der Waals surface area contributed by atoms with Crippen LogP contribution in [0, 0.1) is 5.92 Å². The smallest absolute Gasteiger partial charge is 0.248 e. The van der Waals surface area contributed by atoms with Crippen LogP contribution in [-0.2, 0) is 16.1 Å². The lowest BCUT2D eigenvalue weighted by atomic mass is 9.87. The summed E-state index contributed by atoms with van der Waals surface area (Å²) in [6.07, 6.45) is 7.91. The Morgan fingerprint density at radius 3 is 2.69 bits per heavy atom. The highest BCUT2D eigenvalue weighted by molar-refractivity contribution is 5.77. The zero-order valence-electron chi connectivity index (χ0n) is 19.5. The van der Waals surface area contributed by atoms with Crippen LogP contribution in [-0.4, -0.2) is 67.2 Å². The van der Waals surface area contributed by atoms with Gasteiger partial charge in [0.05, 0.1) is 7.11 Å². The van der Waals surface area contributed by atoms with Gasteiger partial charge in [0.15, 0.2) is 0 Å². The lowest BCUT2D eigenvalue weighted by Gasteiger charge is -2.37. The number of carbonyl (C=O) groups excluding carboxylic acids is 1. The first kappa shape index (κ1) is 22.9. The largest absolute Gasteiger partial charge is 0.497 e. The molecule has 6 heteroatoms. The van der Waals surface area contributed by atoms with E-state index in [1.165, 1.54) is 30.5 Å². The van der Waals surface area contributed by atoms with Gasteiger partial charge >= 0.3 is 0 Å². The molecule has 2 unspecified atom stereocenters. The van der Waals surface area contributed by atoms with Crippen molar-refractivity contribution in [3.05, 3.63) is 53.9 Å². The van der Waals surface area contributed by atoms with Gasteiger partial charge in [-0.05, 0) is 48.6 Å². The monoisotopic (exact) mass is 439 g/mol. The summed E-state index contributed by atoms with van der Waals surface area (Å²) in [7, 11) is 3.33. The minimum atomic E-state index is 0.131. The number of benzene rings is 1. The van der Waals surface area contributed by atoms with Crippen molar-refractivity contribution in [1.82, 2.24) is 14.8 Å². The first-order valence-corrected chi connectivity index (χ1v) is 11.9. The third-order valence-electron chi connectivity index (χ3n) is 7.13. The third-order valence-corrected chi connectivity index (χ3v) is 7.13. The maximum absolute atomic E-state index is 13.1. The molecule has 1 amide bonds. The summed E-state index contributed by atoms with van der Waals surface area (Å²) in [6, 6.07) is 13.0. The van der Waals surface area contributed by atoms with E-state index in [1.807, 2.05) is 12.3 Å². The first-order chi connectivity index (χ1) is 15.7. The number of ether oxygens (including phenoxy) is 2. The second kappa shape index (κ2) is 11.0. The molecule has 2 heterocycles. The summed E-state index contributed by atoms with van der Waals surface area (Å²) in [6.45, 7) is 3.81. The molecule has 1 aromatic heterocycles. The maximum atomic E-state index is 13.1. The Labute approximate surface area is 191 Å². The lowest BCUT2D eigenvalue weighted by molar-refractivity contribution is -0.139. The molecule has 1 saturated heterocycles. The molecular formula is C26H37N3O3. The molecule has 1 aliphatic carbocycles. The molecular weight excluding hydrogens is 402 g/mol. The fourth-order valence-corrected chi connectivity index (χ4v) is 5.54. The summed E-state index contributed by atoms with van der Waals surface area (Å²) in [5.41, 5.74) is 2.53. The topological polar surface area (TPSA) is 57.8 Å². The van der Waals surface area contributed by atoms with E-state index in [0.29, 0.717) is 17.9 Å². The Morgan fingerprint density at radius 2 is 1.97 bits per heavy atom. The van der Waals surface area contributed by atoms with Gasteiger partial charge in [-0.25, -0.2) is 0 Å². The summed E-state index contributed by atoms with van der Waals surface area (Å²) < 4.78 is 10.8. The number of nitrogens with one attached hydrogen (secondary N) is 1. The van der Waals surface area contributed by atoms with E-state index in [9.17, 15) is 4.79 Å². The second-order valence-corrected chi connectivity index (χ2v) is 9.30. The quantitative estimate of drug-likeness (QED) is 0.641. The van der Waals surface area contributed by atoms with Crippen LogP contribution in [0.3, 0.4) is 0 Å². The van der Waals surface area contributed by atoms with Crippen LogP contribution >= 0.6 is 0 Å². The molecule has 0 bridgehead atoms. The van der Waals surface area contributed by atoms with E-state index in [-0.39, 0.29) is 12.5 Å². The zero-order chi connectivity index (χ0) is 22.3. The van der Waals surface area contributed by atoms with Crippen LogP contribution in [0.4, 0.5) is 0 Å². The van der Waals surface area contributed by atoms with E-state index in [2.05, 4.69) is 45.1 Å². The molecule has 32 heavy (non-hydrogen) atoms. The van der Waals surface area contributed by atoms with Crippen molar-refractivity contribution in [3.8, 4) is 5.75 Å². The molecule has 2 aromatic rings. The highest BCUT2D eigenvalue weighted by Crippen LogP contribution is 2.36. The Morgan fingerprint density at radius 1 is 1.12 bits per heavy atom. The number of carbonyl (C=O) groups is 1. The number of nitrogens with zero attached hydrogens (tertiary/aromatic N) is 2. The number of hydrogen-bond acceptors (Lipinski definition) is 4. The fourth-order valence-electron chi connectivity index (χ4n) is 5.54. The summed E-state index contributed by atoms with van der Waals surface area (Å²) in [5, 5.41) is 0. The Kier molecular flexibility index (Phi) is 7.87. The molecule has 1 aliphatic heterocycles. The van der Waals surface area contributed by atoms with Crippen molar-refractivity contribution in [2.75, 3.05) is 40.5 Å². The number of rotatable bonds is 9. The number of likely N-dealkylation sites (tertiary alicyclic amines) is 1. The van der Waals surface area contributed by atoms with E-state index in [4.69, 9.17) is 9.47 Å². The molecule has 2 fully saturated rings. The number of hydrogen-bond donors (Lipinski definition) is 1. The van der Waals surface area contributed by atoms with Gasteiger partial charge in [-0.2, -0.15) is 0 Å². The second-order valence-electron chi connectivity index (χ2n) is 9.30. The highest BCUT2D eigenvalue weighted by atomic mass is 16.5. The van der Waals surface area contributed by atoms with Gasteiger partial charge in [-0.1, -0.05) is 31.4 Å². The minimum Gasteiger partial charge on any atom is -0.497 e. The molecule has 2 aliphatic rings. The van der Waals surface area contributed by atoms with Gasteiger partial charge < -0.3 is 19.4 Å². The van der Waals surface area contributed by atoms with E-state index < -0.39 is 0 Å². The molecule has 1 saturated carbocycles. The maximum Gasteiger partial charge on any atom is 0.248 e. The number of methoxy groups -OCH3 is 2. The van der Waals surface area contributed by atoms with Crippen LogP contribution in [0.2, 0.25) is 0 Å². The molecule has 6 nitrogen and oxygen atoms in total. The van der Waals surface area contributed by atoms with Crippen molar-refractivity contribution in [2.45, 2.75) is 50.6 Å². The zero-order valence-corrected chi connectivity index (χ0v) is 19.5. The van der Waals surface area contributed by atoms with E-state index in [0.717, 1.165) is 44.8 Å². The number of H-pyrrole nitrogens is 1. The Balaban J connectivity index is 1.56. The molecule has 0 spiro atoms. The predicted molar refractivity (Wildman–Crippen MR) is 126 cm³/mol. The molecule has 0 radical (unpaired) electrons. The van der Waals surface area contributed by atoms with Crippen molar-refractivity contribution in [3.63, 3.8) is 0 Å². The Bertz CT molecular complexity index is 848. The summed E-state index contributed by atoms with van der Waals surface area (Å²) in [4.78, 5) is 21.1. The fraction of sp³-hybridized carbons (Fsp3) is 0.577. The van der Waals surface area contributed by atoms with E-state index >= 15 is 0 Å². The van der Waals surface area contributed by atoms with Gasteiger partial charge in [0.1, 0.15) is 12.4 Å². The van der Waals surface area contributed by atoms with Crippen LogP contribution in [0.25, 0.3) is 0 Å². The number of aromatic nitrogens is 1. The van der Waals surface area contributed by atoms with Crippen molar-refractivity contribution in [1.29, 1.82) is 0 Å². The third kappa shape index (κ3) is 5.54. The van der Waals surface area contributed by atoms with Crippen LogP contribution in [0.15, 0.2) is 42.6 Å². The highest BCUT2D eigenvalue weighted by Gasteiger charge is 2.37. The molecule has 4 rings (SSSR count). The average molecular weight is 440 g/mol. The molecule has 2 atom stereocenters. The molecule has 1 aromatic carbocycles. The first-order valence-electron chi connectivity index (χ1n) is 11.9. The van der Waals surface area contributed by atoms with Crippen molar-refractivity contribution in [2.24, 2.45) is 5.92 Å². The van der Waals surface area contributed by atoms with Crippen LogP contribution in [0.5, 0.6) is 5.75 Å².